The Hall–Kier alpha value is -3.80. The first-order valence-corrected chi connectivity index (χ1v) is 21.5. The molecule has 1 saturated heterocycles. The molecule has 17 heteroatoms. The average molecular weight is 824 g/mol. The maximum absolute atomic E-state index is 14.2. The molecule has 0 aliphatic carbocycles. The normalized spacial score (nSPS) is 18.4. The molecule has 57 heavy (non-hydrogen) atoms. The van der Waals surface area contributed by atoms with E-state index in [-0.39, 0.29) is 41.9 Å². The monoisotopic (exact) mass is 823 g/mol. The lowest BCUT2D eigenvalue weighted by molar-refractivity contribution is -0.148. The Balaban J connectivity index is 2.17. The predicted molar refractivity (Wildman–Crippen MR) is 220 cm³/mol. The van der Waals surface area contributed by atoms with Gasteiger partial charge in [-0.3, -0.25) is 33.6 Å². The number of amides is 5. The van der Waals surface area contributed by atoms with E-state index in [9.17, 15) is 32.4 Å². The van der Waals surface area contributed by atoms with Gasteiger partial charge in [0.05, 0.1) is 55.0 Å². The zero-order chi connectivity index (χ0) is 43.4. The van der Waals surface area contributed by atoms with E-state index in [4.69, 9.17) is 15.2 Å². The fourth-order valence-corrected chi connectivity index (χ4v) is 8.94. The second-order valence-electron chi connectivity index (χ2n) is 16.2. The predicted octanol–water partition coefficient (Wildman–Crippen LogP) is 1.98. The van der Waals surface area contributed by atoms with E-state index in [0.717, 1.165) is 0 Å². The molecular formula is C40H69N7O9S. The summed E-state index contributed by atoms with van der Waals surface area (Å²) in [5.41, 5.74) is 6.57. The number of anilines is 1. The second kappa shape index (κ2) is 22.4. The van der Waals surface area contributed by atoms with Crippen LogP contribution in [0.2, 0.25) is 0 Å². The van der Waals surface area contributed by atoms with Gasteiger partial charge in [-0.05, 0) is 62.4 Å². The highest BCUT2D eigenvalue weighted by atomic mass is 32.2. The van der Waals surface area contributed by atoms with E-state index >= 15 is 0 Å². The molecule has 0 saturated carbocycles. The summed E-state index contributed by atoms with van der Waals surface area (Å²) in [7, 11) is 4.30. The van der Waals surface area contributed by atoms with Crippen molar-refractivity contribution in [3.05, 3.63) is 29.8 Å². The summed E-state index contributed by atoms with van der Waals surface area (Å²) in [6, 6.07) is 4.01. The molecule has 0 spiro atoms. The minimum absolute atomic E-state index is 0.0199. The lowest BCUT2D eigenvalue weighted by Crippen LogP contribution is -2.59. The maximum atomic E-state index is 14.2. The first-order chi connectivity index (χ1) is 26.6. The van der Waals surface area contributed by atoms with Crippen molar-refractivity contribution in [3.63, 3.8) is 0 Å². The number of methoxy groups -OCH3 is 2. The molecule has 1 aromatic rings. The molecule has 1 aliphatic heterocycles. The van der Waals surface area contributed by atoms with Gasteiger partial charge in [0, 0.05) is 33.5 Å². The molecule has 5 N–H and O–H groups in total. The summed E-state index contributed by atoms with van der Waals surface area (Å²) in [5, 5.41) is 5.51. The Morgan fingerprint density at radius 2 is 1.54 bits per heavy atom. The Bertz CT molecular complexity index is 1600. The Kier molecular flexibility index (Phi) is 19.4. The Morgan fingerprint density at radius 1 is 0.930 bits per heavy atom. The summed E-state index contributed by atoms with van der Waals surface area (Å²) in [6.07, 6.45) is 0.462. The molecule has 1 aromatic carbocycles. The zero-order valence-electron chi connectivity index (χ0n) is 36.0. The van der Waals surface area contributed by atoms with Crippen LogP contribution in [0.4, 0.5) is 5.69 Å². The van der Waals surface area contributed by atoms with Gasteiger partial charge in [-0.15, -0.1) is 0 Å². The van der Waals surface area contributed by atoms with Crippen molar-refractivity contribution in [2.45, 2.75) is 116 Å². The van der Waals surface area contributed by atoms with Crippen molar-refractivity contribution >= 4 is 45.2 Å². The molecule has 0 radical (unpaired) electrons. The van der Waals surface area contributed by atoms with Crippen LogP contribution in [0.25, 0.3) is 0 Å². The van der Waals surface area contributed by atoms with Gasteiger partial charge in [-0.2, -0.15) is 0 Å². The van der Waals surface area contributed by atoms with Crippen molar-refractivity contribution in [1.82, 2.24) is 30.1 Å². The summed E-state index contributed by atoms with van der Waals surface area (Å²) in [4.78, 5) is 72.7. The molecule has 1 heterocycles. The van der Waals surface area contributed by atoms with E-state index in [1.807, 2.05) is 65.3 Å². The number of rotatable bonds is 22. The van der Waals surface area contributed by atoms with Crippen molar-refractivity contribution in [3.8, 4) is 0 Å². The van der Waals surface area contributed by atoms with Crippen LogP contribution in [-0.4, -0.2) is 137 Å². The highest BCUT2D eigenvalue weighted by Gasteiger charge is 2.43. The van der Waals surface area contributed by atoms with Gasteiger partial charge in [0.25, 0.3) is 5.91 Å². The molecule has 1 aliphatic rings. The molecule has 2 rings (SSSR count). The molecule has 8 atom stereocenters. The van der Waals surface area contributed by atoms with Crippen LogP contribution < -0.4 is 21.1 Å². The van der Waals surface area contributed by atoms with E-state index in [1.54, 1.807) is 48.0 Å². The van der Waals surface area contributed by atoms with E-state index in [0.29, 0.717) is 37.1 Å². The fourth-order valence-electron chi connectivity index (χ4n) is 7.82. The number of likely N-dealkylation sites (tertiary alicyclic amines) is 1. The van der Waals surface area contributed by atoms with Crippen LogP contribution in [0.15, 0.2) is 24.3 Å². The second-order valence-corrected chi connectivity index (χ2v) is 17.9. The first kappa shape index (κ1) is 49.3. The van der Waals surface area contributed by atoms with Crippen molar-refractivity contribution in [2.24, 2.45) is 23.7 Å². The smallest absolute Gasteiger partial charge is 0.252 e. The van der Waals surface area contributed by atoms with Gasteiger partial charge in [0.1, 0.15) is 6.04 Å². The highest BCUT2D eigenvalue weighted by molar-refractivity contribution is 7.89. The lowest BCUT2D eigenvalue weighted by atomic mass is 9.89. The van der Waals surface area contributed by atoms with Crippen LogP contribution in [0.3, 0.4) is 0 Å². The maximum Gasteiger partial charge on any atom is 0.252 e. The average Bonchev–Trinajstić information content (AvgIpc) is 3.62. The fraction of sp³-hybridized carbons (Fsp3) is 0.725. The van der Waals surface area contributed by atoms with Gasteiger partial charge < -0.3 is 35.6 Å². The van der Waals surface area contributed by atoms with Crippen molar-refractivity contribution in [2.75, 3.05) is 54.2 Å². The third-order valence-electron chi connectivity index (χ3n) is 11.0. The van der Waals surface area contributed by atoms with Crippen molar-refractivity contribution < 1.29 is 41.9 Å². The van der Waals surface area contributed by atoms with Crippen molar-refractivity contribution in [1.29, 1.82) is 0 Å². The minimum atomic E-state index is -4.03. The topological polar surface area (TPSA) is 210 Å². The molecule has 3 unspecified atom stereocenters. The largest absolute Gasteiger partial charge is 0.399 e. The number of nitrogens with zero attached hydrogens (tertiary/aromatic N) is 3. The number of sulfonamides is 1. The number of likely N-dealkylation sites (N-methyl/N-ethyl adjacent to an activating group) is 2. The number of hydrogen-bond acceptors (Lipinski definition) is 11. The molecule has 1 fully saturated rings. The zero-order valence-corrected chi connectivity index (χ0v) is 36.9. The summed E-state index contributed by atoms with van der Waals surface area (Å²) < 4.78 is 38.9. The van der Waals surface area contributed by atoms with Crippen LogP contribution in [0, 0.1) is 23.7 Å². The van der Waals surface area contributed by atoms with Gasteiger partial charge in [0.15, 0.2) is 0 Å². The van der Waals surface area contributed by atoms with Gasteiger partial charge in [0.2, 0.25) is 33.7 Å². The standard InChI is InChI=1S/C40H69N7O9S/c1-13-26(6)36(46(10)40(52)34(24(2)3)43-39(51)35(25(4)5)45(8)9)31(55-11)21-33(49)47-20-14-15-30(47)37(56-12)27(7)38(50)42-22-32(48)44-57(53,54)23-28-16-18-29(41)19-17-28/h16-19,24-27,30-31,34-37H,13-15,20-23,41H2,1-12H3,(H,42,50)(H,43,51)(H,44,48)/t26?,27-,30+,31-,34+,35?,36?,37-/m1/s1. The molecule has 16 nitrogen and oxygen atoms in total. The third kappa shape index (κ3) is 13.9. The number of nitrogen functional groups attached to an aromatic ring is 1. The van der Waals surface area contributed by atoms with Crippen LogP contribution in [-0.2, 0) is 49.2 Å². The number of carbonyl (C=O) groups excluding carboxylic acids is 5. The summed E-state index contributed by atoms with van der Waals surface area (Å²) >= 11 is 0. The molecule has 5 amide bonds. The minimum Gasteiger partial charge on any atom is -0.399 e. The lowest BCUT2D eigenvalue weighted by Gasteiger charge is -2.41. The van der Waals surface area contributed by atoms with Gasteiger partial charge in [-0.25, -0.2) is 8.42 Å². The molecule has 0 bridgehead atoms. The summed E-state index contributed by atoms with van der Waals surface area (Å²) in [5.74, 6) is -3.69. The number of nitrogens with one attached hydrogen (secondary N) is 3. The first-order valence-electron chi connectivity index (χ1n) is 19.8. The van der Waals surface area contributed by atoms with E-state index in [2.05, 4.69) is 10.6 Å². The number of ether oxygens (including phenoxy) is 2. The SMILES string of the molecule is CCC(C)C([C@@H](CC(=O)N1CCC[C@H]1[C@H](OC)[C@@H](C)C(=O)NCC(=O)NS(=O)(=O)Cc1ccc(N)cc1)OC)N(C)C(=O)[C@@H](NC(=O)C(C(C)C)N(C)C)C(C)C. The quantitative estimate of drug-likeness (QED) is 0.124. The molecule has 324 valence electrons. The summed E-state index contributed by atoms with van der Waals surface area (Å²) in [6.45, 7) is 13.2. The van der Waals surface area contributed by atoms with E-state index in [1.165, 1.54) is 14.2 Å². The number of nitrogens with two attached hydrogens (primary N) is 1. The Morgan fingerprint density at radius 3 is 2.05 bits per heavy atom. The van der Waals surface area contributed by atoms with Crippen LogP contribution in [0.5, 0.6) is 0 Å². The molecular weight excluding hydrogens is 755 g/mol. The number of hydrogen-bond donors (Lipinski definition) is 4. The highest BCUT2D eigenvalue weighted by Crippen LogP contribution is 2.29. The van der Waals surface area contributed by atoms with E-state index < -0.39 is 76.4 Å². The van der Waals surface area contributed by atoms with Crippen LogP contribution in [0.1, 0.15) is 79.7 Å². The third-order valence-corrected chi connectivity index (χ3v) is 12.2. The van der Waals surface area contributed by atoms with Gasteiger partial charge >= 0.3 is 0 Å². The number of benzene rings is 1. The van der Waals surface area contributed by atoms with Gasteiger partial charge in [-0.1, -0.05) is 67.0 Å². The Labute approximate surface area is 340 Å². The number of carbonyl (C=O) groups is 5. The van der Waals surface area contributed by atoms with Crippen LogP contribution >= 0.6 is 0 Å². The molecule has 0 aromatic heterocycles.